The maximum Gasteiger partial charge on any atom is 0.326 e. The summed E-state index contributed by atoms with van der Waals surface area (Å²) in [5, 5.41) is 11.5. The van der Waals surface area contributed by atoms with Crippen LogP contribution >= 0.6 is 25.3 Å². The molecule has 0 spiro atoms. The number of carbonyl (C=O) groups excluding carboxylic acids is 2. The van der Waals surface area contributed by atoms with Gasteiger partial charge in [0.2, 0.25) is 11.8 Å². The highest BCUT2D eigenvalue weighted by Gasteiger charge is 2.37. The minimum absolute atomic E-state index is 0.0761. The molecule has 7 nitrogen and oxygen atoms in total. The van der Waals surface area contributed by atoms with Crippen LogP contribution in [0.1, 0.15) is 12.8 Å². The average Bonchev–Trinajstić information content (AvgIpc) is 2.92. The predicted octanol–water partition coefficient (Wildman–Crippen LogP) is -1.27. The summed E-state index contributed by atoms with van der Waals surface area (Å²) < 4.78 is 0. The number of nitrogens with two attached hydrogens (primary N) is 1. The number of hydrogen-bond donors (Lipinski definition) is 5. The quantitative estimate of drug-likeness (QED) is 0.392. The summed E-state index contributed by atoms with van der Waals surface area (Å²) in [7, 11) is 0. The van der Waals surface area contributed by atoms with Crippen molar-refractivity contribution in [3.63, 3.8) is 0 Å². The maximum atomic E-state index is 12.3. The van der Waals surface area contributed by atoms with Gasteiger partial charge in [-0.1, -0.05) is 0 Å². The van der Waals surface area contributed by atoms with Gasteiger partial charge >= 0.3 is 5.97 Å². The van der Waals surface area contributed by atoms with Crippen molar-refractivity contribution in [2.24, 2.45) is 5.73 Å². The van der Waals surface area contributed by atoms with Crippen LogP contribution in [-0.2, 0) is 14.4 Å². The zero-order chi connectivity index (χ0) is 15.3. The Morgan fingerprint density at radius 2 is 2.00 bits per heavy atom. The van der Waals surface area contributed by atoms with Gasteiger partial charge in [0.25, 0.3) is 0 Å². The minimum atomic E-state index is -1.04. The van der Waals surface area contributed by atoms with Gasteiger partial charge in [0.05, 0.1) is 6.04 Å². The van der Waals surface area contributed by atoms with E-state index >= 15 is 0 Å². The summed E-state index contributed by atoms with van der Waals surface area (Å²) >= 11 is 7.94. The molecule has 3 atom stereocenters. The zero-order valence-electron chi connectivity index (χ0n) is 10.9. The number of hydrogen-bond acceptors (Lipinski definition) is 6. The third-order valence-electron chi connectivity index (χ3n) is 3.15. The van der Waals surface area contributed by atoms with Gasteiger partial charge in [-0.05, 0) is 12.8 Å². The molecule has 0 aromatic carbocycles. The van der Waals surface area contributed by atoms with Gasteiger partial charge in [-0.15, -0.1) is 0 Å². The van der Waals surface area contributed by atoms with Crippen molar-refractivity contribution in [2.45, 2.75) is 31.0 Å². The molecule has 1 saturated heterocycles. The number of thiol groups is 2. The number of carboxylic acids is 1. The number of carbonyl (C=O) groups is 3. The number of carboxylic acid groups (broad SMARTS) is 1. The Morgan fingerprint density at radius 3 is 2.50 bits per heavy atom. The molecule has 20 heavy (non-hydrogen) atoms. The SMILES string of the molecule is NC(CS)C(=O)NC(CS)C(=O)N1CCCC1C(=O)O. The second-order valence-corrected chi connectivity index (χ2v) is 5.29. The van der Waals surface area contributed by atoms with Crippen LogP contribution in [0.25, 0.3) is 0 Å². The standard InChI is InChI=1S/C11H19N3O4S2/c12-6(4-19)9(15)13-7(5-20)10(16)14-3-1-2-8(14)11(17)18/h6-8,19-20H,1-5,12H2,(H,13,15)(H,17,18). The van der Waals surface area contributed by atoms with Crippen LogP contribution in [0.4, 0.5) is 0 Å². The Morgan fingerprint density at radius 1 is 1.35 bits per heavy atom. The first-order valence-electron chi connectivity index (χ1n) is 6.23. The highest BCUT2D eigenvalue weighted by atomic mass is 32.1. The first kappa shape index (κ1) is 17.1. The lowest BCUT2D eigenvalue weighted by Crippen LogP contribution is -2.55. The van der Waals surface area contributed by atoms with E-state index in [1.54, 1.807) is 0 Å². The molecule has 114 valence electrons. The van der Waals surface area contributed by atoms with E-state index in [2.05, 4.69) is 30.6 Å². The van der Waals surface area contributed by atoms with Crippen molar-refractivity contribution >= 4 is 43.0 Å². The lowest BCUT2D eigenvalue weighted by atomic mass is 10.2. The van der Waals surface area contributed by atoms with E-state index in [4.69, 9.17) is 10.8 Å². The maximum absolute atomic E-state index is 12.3. The van der Waals surface area contributed by atoms with E-state index in [0.717, 1.165) is 0 Å². The second kappa shape index (κ2) is 7.75. The fourth-order valence-electron chi connectivity index (χ4n) is 2.03. The molecule has 3 unspecified atom stereocenters. The minimum Gasteiger partial charge on any atom is -0.480 e. The molecule has 0 saturated carbocycles. The van der Waals surface area contributed by atoms with Crippen LogP contribution < -0.4 is 11.1 Å². The molecule has 4 N–H and O–H groups in total. The van der Waals surface area contributed by atoms with Crippen molar-refractivity contribution in [1.29, 1.82) is 0 Å². The van der Waals surface area contributed by atoms with Crippen LogP contribution in [0, 0.1) is 0 Å². The molecule has 0 aromatic rings. The van der Waals surface area contributed by atoms with Crippen molar-refractivity contribution in [3.8, 4) is 0 Å². The van der Waals surface area contributed by atoms with Gasteiger partial charge in [-0.2, -0.15) is 25.3 Å². The zero-order valence-corrected chi connectivity index (χ0v) is 12.6. The van der Waals surface area contributed by atoms with E-state index in [-0.39, 0.29) is 11.5 Å². The molecule has 0 aliphatic carbocycles. The summed E-state index contributed by atoms with van der Waals surface area (Å²) in [6.07, 6.45) is 1.05. The van der Waals surface area contributed by atoms with Crippen molar-refractivity contribution in [3.05, 3.63) is 0 Å². The largest absolute Gasteiger partial charge is 0.480 e. The number of likely N-dealkylation sites (tertiary alicyclic amines) is 1. The Kier molecular flexibility index (Phi) is 6.63. The van der Waals surface area contributed by atoms with Gasteiger partial charge in [-0.25, -0.2) is 4.79 Å². The van der Waals surface area contributed by atoms with E-state index in [9.17, 15) is 14.4 Å². The lowest BCUT2D eigenvalue weighted by molar-refractivity contribution is -0.149. The molecule has 9 heteroatoms. The summed E-state index contributed by atoms with van der Waals surface area (Å²) in [6, 6.07) is -2.53. The Bertz CT molecular complexity index is 394. The number of amides is 2. The molecule has 2 amide bonds. The van der Waals surface area contributed by atoms with Crippen LogP contribution in [0.5, 0.6) is 0 Å². The monoisotopic (exact) mass is 321 g/mol. The normalized spacial score (nSPS) is 21.4. The summed E-state index contributed by atoms with van der Waals surface area (Å²) in [5.74, 6) is -1.75. The first-order valence-corrected chi connectivity index (χ1v) is 7.49. The predicted molar refractivity (Wildman–Crippen MR) is 80.0 cm³/mol. The Balaban J connectivity index is 2.72. The van der Waals surface area contributed by atoms with Crippen LogP contribution in [0.3, 0.4) is 0 Å². The van der Waals surface area contributed by atoms with Crippen molar-refractivity contribution in [1.82, 2.24) is 10.2 Å². The third-order valence-corrected chi connectivity index (χ3v) is 3.91. The van der Waals surface area contributed by atoms with Gasteiger partial charge in [0.1, 0.15) is 12.1 Å². The Hall–Kier alpha value is -0.930. The second-order valence-electron chi connectivity index (χ2n) is 4.56. The molecule has 1 aliphatic rings. The van der Waals surface area contributed by atoms with Gasteiger partial charge in [-0.3, -0.25) is 9.59 Å². The first-order chi connectivity index (χ1) is 9.42. The number of nitrogens with zero attached hydrogens (tertiary/aromatic N) is 1. The van der Waals surface area contributed by atoms with Gasteiger partial charge < -0.3 is 21.1 Å². The topological polar surface area (TPSA) is 113 Å². The molecule has 1 fully saturated rings. The summed E-state index contributed by atoms with van der Waals surface area (Å²) in [4.78, 5) is 36.3. The van der Waals surface area contributed by atoms with Crippen LogP contribution in [-0.4, -0.2) is 64.0 Å². The fourth-order valence-corrected chi connectivity index (χ4v) is 2.45. The van der Waals surface area contributed by atoms with Gasteiger partial charge in [0.15, 0.2) is 0 Å². The number of rotatable bonds is 6. The van der Waals surface area contributed by atoms with E-state index < -0.39 is 35.9 Å². The number of nitrogens with one attached hydrogen (secondary N) is 1. The Labute approximate surface area is 128 Å². The highest BCUT2D eigenvalue weighted by molar-refractivity contribution is 7.80. The number of aliphatic carboxylic acids is 1. The molecule has 0 aromatic heterocycles. The van der Waals surface area contributed by atoms with E-state index in [0.29, 0.717) is 19.4 Å². The molecule has 1 rings (SSSR count). The van der Waals surface area contributed by atoms with Crippen LogP contribution in [0.15, 0.2) is 0 Å². The molecular weight excluding hydrogens is 302 g/mol. The fraction of sp³-hybridized carbons (Fsp3) is 0.727. The van der Waals surface area contributed by atoms with Crippen molar-refractivity contribution in [2.75, 3.05) is 18.1 Å². The molecule has 0 bridgehead atoms. The van der Waals surface area contributed by atoms with E-state index in [1.807, 2.05) is 0 Å². The lowest BCUT2D eigenvalue weighted by Gasteiger charge is -2.27. The van der Waals surface area contributed by atoms with Crippen LogP contribution in [0.2, 0.25) is 0 Å². The molecule has 0 radical (unpaired) electrons. The average molecular weight is 321 g/mol. The van der Waals surface area contributed by atoms with Gasteiger partial charge in [0, 0.05) is 18.1 Å². The van der Waals surface area contributed by atoms with Crippen molar-refractivity contribution < 1.29 is 19.5 Å². The molecule has 1 aliphatic heterocycles. The van der Waals surface area contributed by atoms with E-state index in [1.165, 1.54) is 4.90 Å². The highest BCUT2D eigenvalue weighted by Crippen LogP contribution is 2.18. The molecule has 1 heterocycles. The third kappa shape index (κ3) is 4.03. The smallest absolute Gasteiger partial charge is 0.326 e. The summed E-state index contributed by atoms with van der Waals surface area (Å²) in [6.45, 7) is 0.370. The summed E-state index contributed by atoms with van der Waals surface area (Å²) in [5.41, 5.74) is 5.52. The molecular formula is C11H19N3O4S2.